The first kappa shape index (κ1) is 16.6. The molecule has 3 aromatic carbocycles. The third-order valence-electron chi connectivity index (χ3n) is 4.55. The van der Waals surface area contributed by atoms with Crippen LogP contribution in [0.2, 0.25) is 0 Å². The zero-order valence-electron chi connectivity index (χ0n) is 14.1. The highest BCUT2D eigenvalue weighted by atomic mass is 79.9. The Morgan fingerprint density at radius 3 is 1.68 bits per heavy atom. The van der Waals surface area contributed by atoms with E-state index in [-0.39, 0.29) is 0 Å². The Morgan fingerprint density at radius 2 is 1.20 bits per heavy atom. The molecule has 0 N–H and O–H groups in total. The van der Waals surface area contributed by atoms with Gasteiger partial charge in [-0.15, -0.1) is 0 Å². The van der Waals surface area contributed by atoms with Crippen LogP contribution in [0.4, 0.5) is 5.69 Å². The molecule has 0 aromatic heterocycles. The van der Waals surface area contributed by atoms with Gasteiger partial charge in [0.05, 0.1) is 0 Å². The lowest BCUT2D eigenvalue weighted by Crippen LogP contribution is -2.07. The van der Waals surface area contributed by atoms with E-state index in [0.717, 1.165) is 8.95 Å². The molecule has 3 aromatic rings. The van der Waals surface area contributed by atoms with Crippen molar-refractivity contribution in [3.05, 3.63) is 86.3 Å². The number of hydrogen-bond donors (Lipinski definition) is 0. The van der Waals surface area contributed by atoms with Crippen molar-refractivity contribution in [1.82, 2.24) is 0 Å². The Morgan fingerprint density at radius 1 is 0.680 bits per heavy atom. The Hall–Kier alpha value is -1.84. The van der Waals surface area contributed by atoms with Crippen molar-refractivity contribution in [2.24, 2.45) is 0 Å². The summed E-state index contributed by atoms with van der Waals surface area (Å²) in [5.74, 6) is 0. The molecule has 25 heavy (non-hydrogen) atoms. The molecule has 0 heterocycles. The largest absolute Gasteiger partial charge is 0.378 e. The summed E-state index contributed by atoms with van der Waals surface area (Å²) in [7, 11) is 4.12. The lowest BCUT2D eigenvalue weighted by atomic mass is 10.0. The van der Waals surface area contributed by atoms with Crippen LogP contribution in [0.5, 0.6) is 0 Å². The van der Waals surface area contributed by atoms with E-state index in [1.165, 1.54) is 39.1 Å². The molecule has 124 valence electrons. The van der Waals surface area contributed by atoms with Crippen LogP contribution in [-0.4, -0.2) is 14.1 Å². The van der Waals surface area contributed by atoms with Crippen molar-refractivity contribution >= 4 is 49.2 Å². The van der Waals surface area contributed by atoms with Gasteiger partial charge in [-0.25, -0.2) is 0 Å². The van der Waals surface area contributed by atoms with E-state index in [9.17, 15) is 0 Å². The van der Waals surface area contributed by atoms with E-state index in [4.69, 9.17) is 0 Å². The SMILES string of the molecule is CN(C)c1ccc(C=C2c3cc(Br)ccc3-c3ccc(Br)cc32)cc1. The van der Waals surface area contributed by atoms with Gasteiger partial charge < -0.3 is 4.90 Å². The molecule has 0 radical (unpaired) electrons. The maximum atomic E-state index is 3.62. The highest BCUT2D eigenvalue weighted by molar-refractivity contribution is 9.10. The molecule has 0 bridgehead atoms. The average Bonchev–Trinajstić information content (AvgIpc) is 2.88. The van der Waals surface area contributed by atoms with Gasteiger partial charge in [0.15, 0.2) is 0 Å². The molecule has 0 saturated carbocycles. The number of hydrogen-bond acceptors (Lipinski definition) is 1. The van der Waals surface area contributed by atoms with Crippen LogP contribution in [0.3, 0.4) is 0 Å². The molecule has 1 aliphatic carbocycles. The predicted molar refractivity (Wildman–Crippen MR) is 115 cm³/mol. The second kappa shape index (κ2) is 6.47. The van der Waals surface area contributed by atoms with Crippen molar-refractivity contribution in [3.63, 3.8) is 0 Å². The Bertz CT molecular complexity index is 932. The molecular weight excluding hydrogens is 438 g/mol. The fourth-order valence-electron chi connectivity index (χ4n) is 3.28. The van der Waals surface area contributed by atoms with Crippen molar-refractivity contribution < 1.29 is 0 Å². The average molecular weight is 455 g/mol. The summed E-state index contributed by atoms with van der Waals surface area (Å²) in [4.78, 5) is 2.12. The Labute approximate surface area is 165 Å². The maximum Gasteiger partial charge on any atom is 0.0361 e. The quantitative estimate of drug-likeness (QED) is 0.320. The molecule has 0 amide bonds. The van der Waals surface area contributed by atoms with Gasteiger partial charge >= 0.3 is 0 Å². The fraction of sp³-hybridized carbons (Fsp3) is 0.0909. The highest BCUT2D eigenvalue weighted by Gasteiger charge is 2.23. The third kappa shape index (κ3) is 3.07. The van der Waals surface area contributed by atoms with Gasteiger partial charge in [-0.3, -0.25) is 0 Å². The maximum absolute atomic E-state index is 3.62. The molecule has 0 saturated heterocycles. The molecule has 0 spiro atoms. The van der Waals surface area contributed by atoms with E-state index in [1.807, 2.05) is 0 Å². The number of rotatable bonds is 2. The minimum atomic E-state index is 1.10. The summed E-state index contributed by atoms with van der Waals surface area (Å²) in [6.45, 7) is 0. The molecular formula is C22H17Br2N. The Balaban J connectivity index is 1.89. The van der Waals surface area contributed by atoms with Crippen LogP contribution < -0.4 is 4.90 Å². The lowest BCUT2D eigenvalue weighted by molar-refractivity contribution is 1.13. The number of anilines is 1. The van der Waals surface area contributed by atoms with Gasteiger partial charge in [-0.2, -0.15) is 0 Å². The van der Waals surface area contributed by atoms with E-state index in [1.54, 1.807) is 0 Å². The van der Waals surface area contributed by atoms with Crippen molar-refractivity contribution in [2.75, 3.05) is 19.0 Å². The van der Waals surface area contributed by atoms with Gasteiger partial charge in [0.1, 0.15) is 0 Å². The van der Waals surface area contributed by atoms with Crippen molar-refractivity contribution in [1.29, 1.82) is 0 Å². The summed E-state index contributed by atoms with van der Waals surface area (Å²) in [6.07, 6.45) is 2.28. The molecule has 0 unspecified atom stereocenters. The first-order valence-corrected chi connectivity index (χ1v) is 9.71. The van der Waals surface area contributed by atoms with E-state index in [2.05, 4.69) is 118 Å². The summed E-state index contributed by atoms with van der Waals surface area (Å²) in [6, 6.07) is 21.7. The normalized spacial score (nSPS) is 11.9. The minimum absolute atomic E-state index is 1.10. The molecule has 1 aliphatic rings. The summed E-state index contributed by atoms with van der Waals surface area (Å²) in [5, 5.41) is 0. The molecule has 0 fully saturated rings. The topological polar surface area (TPSA) is 3.24 Å². The fourth-order valence-corrected chi connectivity index (χ4v) is 4.01. The summed E-state index contributed by atoms with van der Waals surface area (Å²) >= 11 is 7.24. The second-order valence-electron chi connectivity index (χ2n) is 6.42. The van der Waals surface area contributed by atoms with Crippen LogP contribution in [-0.2, 0) is 0 Å². The molecule has 0 atom stereocenters. The van der Waals surface area contributed by atoms with E-state index in [0.29, 0.717) is 0 Å². The number of nitrogens with zero attached hydrogens (tertiary/aromatic N) is 1. The zero-order chi connectivity index (χ0) is 17.6. The van der Waals surface area contributed by atoms with Crippen LogP contribution in [0.25, 0.3) is 22.8 Å². The number of halogens is 2. The second-order valence-corrected chi connectivity index (χ2v) is 8.26. The first-order valence-electron chi connectivity index (χ1n) is 8.12. The monoisotopic (exact) mass is 453 g/mol. The third-order valence-corrected chi connectivity index (χ3v) is 5.54. The highest BCUT2D eigenvalue weighted by Crippen LogP contribution is 2.46. The van der Waals surface area contributed by atoms with Gasteiger partial charge in [0, 0.05) is 28.7 Å². The first-order chi connectivity index (χ1) is 12.0. The standard InChI is InChI=1S/C22H17Br2N/c1-25(2)17-7-3-14(4-8-17)11-20-21-12-15(23)5-9-18(21)19-10-6-16(24)13-22(19)20/h3-13H,1-2H3. The van der Waals surface area contributed by atoms with Gasteiger partial charge in [-0.05, 0) is 75.9 Å². The Kier molecular flexibility index (Phi) is 4.30. The number of benzene rings is 3. The van der Waals surface area contributed by atoms with Crippen LogP contribution in [0.15, 0.2) is 69.6 Å². The van der Waals surface area contributed by atoms with Crippen LogP contribution >= 0.6 is 31.9 Å². The van der Waals surface area contributed by atoms with Crippen molar-refractivity contribution in [2.45, 2.75) is 0 Å². The van der Waals surface area contributed by atoms with Crippen LogP contribution in [0, 0.1) is 0 Å². The van der Waals surface area contributed by atoms with E-state index < -0.39 is 0 Å². The summed E-state index contributed by atoms with van der Waals surface area (Å²) in [5.41, 5.74) is 8.83. The lowest BCUT2D eigenvalue weighted by Gasteiger charge is -2.12. The minimum Gasteiger partial charge on any atom is -0.378 e. The molecule has 4 rings (SSSR count). The van der Waals surface area contributed by atoms with Gasteiger partial charge in [0.2, 0.25) is 0 Å². The van der Waals surface area contributed by atoms with Crippen molar-refractivity contribution in [3.8, 4) is 11.1 Å². The zero-order valence-corrected chi connectivity index (χ0v) is 17.2. The van der Waals surface area contributed by atoms with Crippen LogP contribution in [0.1, 0.15) is 16.7 Å². The van der Waals surface area contributed by atoms with Gasteiger partial charge in [0.25, 0.3) is 0 Å². The molecule has 1 nitrogen and oxygen atoms in total. The smallest absolute Gasteiger partial charge is 0.0361 e. The van der Waals surface area contributed by atoms with Gasteiger partial charge in [-0.1, -0.05) is 56.1 Å². The number of fused-ring (bicyclic) bond motifs is 3. The molecule has 3 heteroatoms. The predicted octanol–water partition coefficient (Wildman–Crippen LogP) is 6.85. The van der Waals surface area contributed by atoms with E-state index >= 15 is 0 Å². The molecule has 0 aliphatic heterocycles. The summed E-state index contributed by atoms with van der Waals surface area (Å²) < 4.78 is 2.21.